The minimum absolute atomic E-state index is 0.0409. The zero-order valence-corrected chi connectivity index (χ0v) is 23.0. The summed E-state index contributed by atoms with van der Waals surface area (Å²) in [5, 5.41) is 6.42. The number of carbonyl (C=O) groups is 1. The first-order chi connectivity index (χ1) is 19.8. The lowest BCUT2D eigenvalue weighted by Crippen LogP contribution is -2.60. The van der Waals surface area contributed by atoms with E-state index in [9.17, 15) is 31.1 Å². The first kappa shape index (κ1) is 30.0. The van der Waals surface area contributed by atoms with E-state index in [0.717, 1.165) is 24.4 Å². The number of hydrogen-bond donors (Lipinski definition) is 2. The summed E-state index contributed by atoms with van der Waals surface area (Å²) in [7, 11) is 0. The maximum Gasteiger partial charge on any atom is 0.422 e. The van der Waals surface area contributed by atoms with E-state index in [1.165, 1.54) is 24.4 Å². The van der Waals surface area contributed by atoms with Crippen LogP contribution in [0, 0.1) is 0 Å². The highest BCUT2D eigenvalue weighted by molar-refractivity contribution is 6.29. The van der Waals surface area contributed by atoms with Gasteiger partial charge in [-0.3, -0.25) is 4.98 Å². The maximum absolute atomic E-state index is 14.1. The zero-order valence-electron chi connectivity index (χ0n) is 22.2. The molecular formula is C29H27ClF6N5O+. The summed E-state index contributed by atoms with van der Waals surface area (Å²) >= 11 is 5.99. The van der Waals surface area contributed by atoms with Crippen molar-refractivity contribution in [3.63, 3.8) is 0 Å². The van der Waals surface area contributed by atoms with Crippen LogP contribution in [0.3, 0.4) is 0 Å². The second-order valence-corrected chi connectivity index (χ2v) is 11.0. The summed E-state index contributed by atoms with van der Waals surface area (Å²) < 4.78 is 79.9. The van der Waals surface area contributed by atoms with Gasteiger partial charge >= 0.3 is 18.4 Å². The van der Waals surface area contributed by atoms with Crippen molar-refractivity contribution >= 4 is 29.4 Å². The summed E-state index contributed by atoms with van der Waals surface area (Å²) in [4.78, 5) is 21.9. The lowest BCUT2D eigenvalue weighted by Gasteiger charge is -2.36. The highest BCUT2D eigenvalue weighted by Crippen LogP contribution is 2.51. The fourth-order valence-electron chi connectivity index (χ4n) is 5.86. The topological polar surface area (TPSA) is 66.9 Å². The Labute approximate surface area is 243 Å². The number of nitrogens with zero attached hydrogens (tertiary/aromatic N) is 3. The first-order valence-corrected chi connectivity index (χ1v) is 13.6. The van der Waals surface area contributed by atoms with Gasteiger partial charge in [0.15, 0.2) is 0 Å². The summed E-state index contributed by atoms with van der Waals surface area (Å²) in [5.74, 6) is 0. The number of nitrogens with one attached hydrogen (secondary N) is 2. The Kier molecular flexibility index (Phi) is 8.08. The van der Waals surface area contributed by atoms with Gasteiger partial charge in [0.25, 0.3) is 0 Å². The second kappa shape index (κ2) is 11.3. The van der Waals surface area contributed by atoms with Gasteiger partial charge in [0, 0.05) is 30.6 Å². The second-order valence-electron chi connectivity index (χ2n) is 10.6. The first-order valence-electron chi connectivity index (χ1n) is 13.2. The van der Waals surface area contributed by atoms with Gasteiger partial charge in [0.05, 0.1) is 22.2 Å². The molecule has 1 fully saturated rings. The quantitative estimate of drug-likeness (QED) is 0.191. The number of amides is 2. The van der Waals surface area contributed by atoms with Crippen molar-refractivity contribution in [3.05, 3.63) is 94.0 Å². The average molecular weight is 611 g/mol. The van der Waals surface area contributed by atoms with Crippen LogP contribution in [0.4, 0.5) is 36.8 Å². The number of aromatic nitrogens is 2. The molecular weight excluding hydrogens is 584 g/mol. The molecule has 1 spiro atoms. The van der Waals surface area contributed by atoms with Gasteiger partial charge < -0.3 is 10.6 Å². The van der Waals surface area contributed by atoms with Crippen molar-refractivity contribution in [1.29, 1.82) is 0 Å². The Morgan fingerprint density at radius 1 is 1.00 bits per heavy atom. The van der Waals surface area contributed by atoms with Crippen LogP contribution in [0.1, 0.15) is 40.8 Å². The minimum atomic E-state index is -4.56. The molecule has 2 amide bonds. The lowest BCUT2D eigenvalue weighted by molar-refractivity contribution is -0.138. The van der Waals surface area contributed by atoms with Crippen molar-refractivity contribution in [1.82, 2.24) is 25.1 Å². The van der Waals surface area contributed by atoms with Crippen LogP contribution in [-0.4, -0.2) is 42.2 Å². The fraction of sp³-hybridized carbons (Fsp3) is 0.345. The van der Waals surface area contributed by atoms with E-state index >= 15 is 0 Å². The van der Waals surface area contributed by atoms with Gasteiger partial charge in [-0.15, -0.1) is 0 Å². The van der Waals surface area contributed by atoms with Crippen molar-refractivity contribution in [2.75, 3.05) is 26.2 Å². The van der Waals surface area contributed by atoms with Crippen molar-refractivity contribution in [2.24, 2.45) is 0 Å². The molecule has 5 rings (SSSR count). The Morgan fingerprint density at radius 2 is 1.71 bits per heavy atom. The molecule has 2 N–H and O–H groups in total. The van der Waals surface area contributed by atoms with Crippen LogP contribution in [0.2, 0.25) is 5.15 Å². The van der Waals surface area contributed by atoms with E-state index in [1.54, 1.807) is 18.2 Å². The molecule has 222 valence electrons. The summed E-state index contributed by atoms with van der Waals surface area (Å²) in [5.41, 5.74) is -0.469. The normalized spacial score (nSPS) is 20.2. The van der Waals surface area contributed by atoms with Crippen molar-refractivity contribution < 1.29 is 31.1 Å². The monoisotopic (exact) mass is 610 g/mol. The molecule has 0 aliphatic carbocycles. The molecule has 0 radical (unpaired) electrons. The number of urea groups is 1. The van der Waals surface area contributed by atoms with E-state index in [1.807, 2.05) is 0 Å². The summed E-state index contributed by atoms with van der Waals surface area (Å²) in [6.45, 7) is 1.53. The van der Waals surface area contributed by atoms with E-state index in [4.69, 9.17) is 11.6 Å². The van der Waals surface area contributed by atoms with E-state index in [2.05, 4.69) is 20.6 Å². The minimum Gasteiger partial charge on any atom is -0.317 e. The molecule has 1 aromatic carbocycles. The van der Waals surface area contributed by atoms with E-state index in [0.29, 0.717) is 42.7 Å². The number of piperidine rings is 1. The largest absolute Gasteiger partial charge is 0.422 e. The Bertz CT molecular complexity index is 1490. The Hall–Kier alpha value is -3.48. The van der Waals surface area contributed by atoms with Crippen LogP contribution in [0.15, 0.2) is 60.9 Å². The predicted octanol–water partition coefficient (Wildman–Crippen LogP) is 6.73. The summed E-state index contributed by atoms with van der Waals surface area (Å²) in [6.07, 6.45) is -2.64. The molecule has 1 saturated heterocycles. The zero-order chi connectivity index (χ0) is 30.2. The third-order valence-electron chi connectivity index (χ3n) is 7.93. The third-order valence-corrected chi connectivity index (χ3v) is 8.14. The number of alkyl halides is 6. The lowest BCUT2D eigenvalue weighted by atomic mass is 9.74. The Balaban J connectivity index is 1.53. The summed E-state index contributed by atoms with van der Waals surface area (Å²) in [6, 6.07) is 8.53. The molecule has 3 aromatic rings. The number of pyridine rings is 2. The molecule has 1 atom stereocenters. The molecule has 2 aliphatic rings. The molecule has 0 bridgehead atoms. The number of rotatable bonds is 5. The molecule has 13 heteroatoms. The number of fused-ring (bicyclic) bond motifs is 2. The molecule has 42 heavy (non-hydrogen) atoms. The van der Waals surface area contributed by atoms with Gasteiger partial charge in [-0.05, 0) is 80.0 Å². The smallest absolute Gasteiger partial charge is 0.317 e. The van der Waals surface area contributed by atoms with E-state index < -0.39 is 34.9 Å². The van der Waals surface area contributed by atoms with Crippen LogP contribution in [-0.2, 0) is 24.3 Å². The van der Waals surface area contributed by atoms with Crippen molar-refractivity contribution in [3.8, 4) is 0 Å². The number of halogens is 7. The number of hydrogen-bond acceptors (Lipinski definition) is 4. The standard InChI is InChI=1S/C29H26ClF6N5O/c30-25-14-19(7-10-38-25)16-40-26(42)41(13-1-2-22-5-3-21(17-39-22)29(34,35)36)18-27(8-11-37-12-9-27)23-15-20(28(31,32)33)4-6-24(23)41/h1-7,10,14-15,17,37H,8-9,11-13,16,18H2/p+1/b2-1+. The molecule has 4 heterocycles. The highest BCUT2D eigenvalue weighted by atomic mass is 35.5. The molecule has 2 aromatic heterocycles. The van der Waals surface area contributed by atoms with Gasteiger partial charge in [0.1, 0.15) is 23.9 Å². The Morgan fingerprint density at radius 3 is 2.36 bits per heavy atom. The number of carbonyl (C=O) groups excluding carboxylic acids is 1. The van der Waals surface area contributed by atoms with Crippen LogP contribution >= 0.6 is 11.6 Å². The van der Waals surface area contributed by atoms with Crippen molar-refractivity contribution in [2.45, 2.75) is 37.2 Å². The van der Waals surface area contributed by atoms with Gasteiger partial charge in [-0.1, -0.05) is 11.6 Å². The predicted molar refractivity (Wildman–Crippen MR) is 147 cm³/mol. The van der Waals surface area contributed by atoms with Crippen LogP contribution in [0.5, 0.6) is 0 Å². The number of quaternary nitrogens is 1. The fourth-order valence-corrected chi connectivity index (χ4v) is 6.06. The molecule has 0 saturated carbocycles. The number of benzene rings is 1. The maximum atomic E-state index is 14.1. The highest BCUT2D eigenvalue weighted by Gasteiger charge is 2.57. The van der Waals surface area contributed by atoms with Crippen LogP contribution < -0.4 is 15.1 Å². The third kappa shape index (κ3) is 6.02. The van der Waals surface area contributed by atoms with Gasteiger partial charge in [-0.2, -0.15) is 26.3 Å². The molecule has 6 nitrogen and oxygen atoms in total. The van der Waals surface area contributed by atoms with Gasteiger partial charge in [0.2, 0.25) is 0 Å². The van der Waals surface area contributed by atoms with Crippen LogP contribution in [0.25, 0.3) is 6.08 Å². The SMILES string of the molecule is O=C(NCc1ccnc(Cl)c1)[N+]1(C/C=C/c2ccc(C(F)(F)F)cn2)CC2(CCNCC2)c2cc(C(F)(F)F)ccc21. The van der Waals surface area contributed by atoms with Gasteiger partial charge in [-0.25, -0.2) is 14.3 Å². The van der Waals surface area contributed by atoms with E-state index in [-0.39, 0.29) is 35.0 Å². The molecule has 2 aliphatic heterocycles. The average Bonchev–Trinajstić information content (AvgIpc) is 3.21. The molecule has 1 unspecified atom stereocenters.